The van der Waals surface area contributed by atoms with E-state index in [-0.39, 0.29) is 0 Å². The van der Waals surface area contributed by atoms with E-state index in [9.17, 15) is 4.79 Å². The van der Waals surface area contributed by atoms with Gasteiger partial charge in [0.1, 0.15) is 0 Å². The van der Waals surface area contributed by atoms with Crippen LogP contribution in [0.2, 0.25) is 0 Å². The number of hydrogen-bond acceptors (Lipinski definition) is 1. The number of carbonyl (C=O) groups excluding carboxylic acids is 1. The molecular weight excluding hydrogens is 286 g/mol. The molecule has 4 heteroatoms. The predicted molar refractivity (Wildman–Crippen MR) is 55.3 cm³/mol. The fourth-order valence-corrected chi connectivity index (χ4v) is 1.73. The summed E-state index contributed by atoms with van der Waals surface area (Å²) in [4.78, 5) is 10.8. The highest BCUT2D eigenvalue weighted by atomic mass is 79.9. The molecule has 0 saturated heterocycles. The SMILES string of the molecule is NC(=O)c1cc(Br)cc(CBr)c1. The van der Waals surface area contributed by atoms with Gasteiger partial charge in [-0.1, -0.05) is 31.9 Å². The number of carbonyl (C=O) groups is 1. The van der Waals surface area contributed by atoms with E-state index in [1.807, 2.05) is 6.07 Å². The molecule has 0 aromatic heterocycles. The molecule has 2 N–H and O–H groups in total. The zero-order valence-electron chi connectivity index (χ0n) is 6.18. The molecule has 0 heterocycles. The maximum absolute atomic E-state index is 10.8. The van der Waals surface area contributed by atoms with Crippen molar-refractivity contribution < 1.29 is 4.79 Å². The van der Waals surface area contributed by atoms with E-state index in [1.54, 1.807) is 12.1 Å². The lowest BCUT2D eigenvalue weighted by molar-refractivity contribution is 0.1000. The smallest absolute Gasteiger partial charge is 0.248 e. The van der Waals surface area contributed by atoms with Crippen LogP contribution in [0.3, 0.4) is 0 Å². The minimum atomic E-state index is -0.404. The Balaban J connectivity index is 3.15. The van der Waals surface area contributed by atoms with Gasteiger partial charge in [0.25, 0.3) is 0 Å². The maximum atomic E-state index is 10.8. The van der Waals surface area contributed by atoms with Crippen molar-refractivity contribution in [3.05, 3.63) is 33.8 Å². The van der Waals surface area contributed by atoms with Gasteiger partial charge in [-0.15, -0.1) is 0 Å². The second-order valence-corrected chi connectivity index (χ2v) is 3.82. The summed E-state index contributed by atoms with van der Waals surface area (Å²) in [5.41, 5.74) is 6.68. The Kier molecular flexibility index (Phi) is 3.29. The molecule has 64 valence electrons. The molecule has 0 aliphatic carbocycles. The molecule has 0 aliphatic rings. The third-order valence-electron chi connectivity index (χ3n) is 1.40. The molecule has 0 radical (unpaired) electrons. The van der Waals surface area contributed by atoms with Crippen molar-refractivity contribution in [2.75, 3.05) is 0 Å². The molecule has 0 aliphatic heterocycles. The maximum Gasteiger partial charge on any atom is 0.248 e. The molecule has 1 aromatic carbocycles. The third kappa shape index (κ3) is 2.32. The van der Waals surface area contributed by atoms with Gasteiger partial charge in [-0.2, -0.15) is 0 Å². The van der Waals surface area contributed by atoms with Crippen LogP contribution in [-0.2, 0) is 5.33 Å². The Bertz CT molecular complexity index is 312. The first-order valence-electron chi connectivity index (χ1n) is 3.28. The molecular formula is C8H7Br2NO. The minimum absolute atomic E-state index is 0.404. The minimum Gasteiger partial charge on any atom is -0.366 e. The van der Waals surface area contributed by atoms with Gasteiger partial charge in [-0.25, -0.2) is 0 Å². The molecule has 0 bridgehead atoms. The van der Waals surface area contributed by atoms with Gasteiger partial charge in [-0.05, 0) is 23.8 Å². The Morgan fingerprint density at radius 1 is 1.42 bits per heavy atom. The number of amides is 1. The number of rotatable bonds is 2. The predicted octanol–water partition coefficient (Wildman–Crippen LogP) is 2.44. The number of primary amides is 1. The largest absolute Gasteiger partial charge is 0.366 e. The van der Waals surface area contributed by atoms with Crippen molar-refractivity contribution in [3.8, 4) is 0 Å². The van der Waals surface area contributed by atoms with Crippen molar-refractivity contribution in [3.63, 3.8) is 0 Å². The Morgan fingerprint density at radius 3 is 2.58 bits per heavy atom. The lowest BCUT2D eigenvalue weighted by Gasteiger charge is -2.00. The summed E-state index contributed by atoms with van der Waals surface area (Å²) in [6.45, 7) is 0. The average molecular weight is 293 g/mol. The molecule has 1 amide bonds. The first kappa shape index (κ1) is 9.74. The van der Waals surface area contributed by atoms with Crippen LogP contribution >= 0.6 is 31.9 Å². The molecule has 0 unspecified atom stereocenters. The Labute approximate surface area is 87.4 Å². The summed E-state index contributed by atoms with van der Waals surface area (Å²) in [6.07, 6.45) is 0. The second-order valence-electron chi connectivity index (χ2n) is 2.35. The van der Waals surface area contributed by atoms with Crippen molar-refractivity contribution in [1.82, 2.24) is 0 Å². The molecule has 2 nitrogen and oxygen atoms in total. The average Bonchev–Trinajstić information content (AvgIpc) is 2.03. The van der Waals surface area contributed by atoms with Gasteiger partial charge in [0.05, 0.1) is 0 Å². The quantitative estimate of drug-likeness (QED) is 0.836. The van der Waals surface area contributed by atoms with Gasteiger partial charge in [0.15, 0.2) is 0 Å². The van der Waals surface area contributed by atoms with Crippen molar-refractivity contribution in [1.29, 1.82) is 0 Å². The van der Waals surface area contributed by atoms with Crippen LogP contribution < -0.4 is 5.73 Å². The lowest BCUT2D eigenvalue weighted by atomic mass is 10.1. The standard InChI is InChI=1S/C8H7Br2NO/c9-4-5-1-6(8(11)12)3-7(10)2-5/h1-3H,4H2,(H2,11,12). The van der Waals surface area contributed by atoms with Gasteiger partial charge in [0.2, 0.25) is 5.91 Å². The van der Waals surface area contributed by atoms with Gasteiger partial charge < -0.3 is 5.73 Å². The third-order valence-corrected chi connectivity index (χ3v) is 2.50. The highest BCUT2D eigenvalue weighted by Gasteiger charge is 2.02. The summed E-state index contributed by atoms with van der Waals surface area (Å²) >= 11 is 6.60. The van der Waals surface area contributed by atoms with Gasteiger partial charge >= 0.3 is 0 Å². The normalized spacial score (nSPS) is 9.83. The molecule has 1 rings (SSSR count). The monoisotopic (exact) mass is 291 g/mol. The summed E-state index contributed by atoms with van der Waals surface area (Å²) in [5, 5.41) is 0.715. The second kappa shape index (κ2) is 4.05. The number of benzene rings is 1. The van der Waals surface area contributed by atoms with Crippen LogP contribution in [-0.4, -0.2) is 5.91 Å². The van der Waals surface area contributed by atoms with Crippen LogP contribution in [0.5, 0.6) is 0 Å². The Hall–Kier alpha value is -0.350. The Morgan fingerprint density at radius 2 is 2.08 bits per heavy atom. The molecule has 1 aromatic rings. The summed E-state index contributed by atoms with van der Waals surface area (Å²) in [7, 11) is 0. The summed E-state index contributed by atoms with van der Waals surface area (Å²) in [5.74, 6) is -0.404. The fourth-order valence-electron chi connectivity index (χ4n) is 0.870. The zero-order chi connectivity index (χ0) is 9.14. The van der Waals surface area contributed by atoms with E-state index < -0.39 is 5.91 Å². The number of halogens is 2. The van der Waals surface area contributed by atoms with Crippen LogP contribution in [0.15, 0.2) is 22.7 Å². The van der Waals surface area contributed by atoms with Gasteiger partial charge in [-0.3, -0.25) is 4.79 Å². The highest BCUT2D eigenvalue weighted by molar-refractivity contribution is 9.10. The summed E-state index contributed by atoms with van der Waals surface area (Å²) in [6, 6.07) is 5.40. The topological polar surface area (TPSA) is 43.1 Å². The van der Waals surface area contributed by atoms with Crippen molar-refractivity contribution >= 4 is 37.8 Å². The van der Waals surface area contributed by atoms with Crippen LogP contribution in [0.25, 0.3) is 0 Å². The lowest BCUT2D eigenvalue weighted by Crippen LogP contribution is -2.11. The molecule has 12 heavy (non-hydrogen) atoms. The van der Waals surface area contributed by atoms with Crippen molar-refractivity contribution in [2.45, 2.75) is 5.33 Å². The van der Waals surface area contributed by atoms with Crippen LogP contribution in [0.1, 0.15) is 15.9 Å². The van der Waals surface area contributed by atoms with E-state index in [0.717, 1.165) is 10.0 Å². The van der Waals surface area contributed by atoms with E-state index in [2.05, 4.69) is 31.9 Å². The van der Waals surface area contributed by atoms with E-state index in [0.29, 0.717) is 10.9 Å². The molecule has 0 fully saturated rings. The molecule has 0 spiro atoms. The molecule has 0 atom stereocenters. The van der Waals surface area contributed by atoms with E-state index >= 15 is 0 Å². The van der Waals surface area contributed by atoms with Crippen molar-refractivity contribution in [2.24, 2.45) is 5.73 Å². The van der Waals surface area contributed by atoms with Crippen LogP contribution in [0, 0.1) is 0 Å². The molecule has 0 saturated carbocycles. The zero-order valence-corrected chi connectivity index (χ0v) is 9.35. The van der Waals surface area contributed by atoms with Crippen LogP contribution in [0.4, 0.5) is 0 Å². The number of hydrogen-bond donors (Lipinski definition) is 1. The van der Waals surface area contributed by atoms with Gasteiger partial charge in [0, 0.05) is 15.4 Å². The first-order valence-corrected chi connectivity index (χ1v) is 5.20. The summed E-state index contributed by atoms with van der Waals surface area (Å²) < 4.78 is 0.869. The first-order chi connectivity index (χ1) is 5.63. The number of alkyl halides is 1. The highest BCUT2D eigenvalue weighted by Crippen LogP contribution is 2.17. The van der Waals surface area contributed by atoms with E-state index in [4.69, 9.17) is 5.73 Å². The fraction of sp³-hybridized carbons (Fsp3) is 0.125. The number of nitrogens with two attached hydrogens (primary N) is 1. The van der Waals surface area contributed by atoms with E-state index in [1.165, 1.54) is 0 Å².